The molecule has 0 N–H and O–H groups in total. The van der Waals surface area contributed by atoms with Gasteiger partial charge in [-0.25, -0.2) is 9.37 Å². The summed E-state index contributed by atoms with van der Waals surface area (Å²) in [6, 6.07) is 10.9. The molecular weight excluding hydrogens is 459 g/mol. The van der Waals surface area contributed by atoms with E-state index < -0.39 is 0 Å². The van der Waals surface area contributed by atoms with Crippen molar-refractivity contribution in [3.8, 4) is 0 Å². The molecule has 3 heterocycles. The maximum atomic E-state index is 13.7. The number of thiazole rings is 1. The molecule has 2 aliphatic rings. The van der Waals surface area contributed by atoms with Crippen molar-refractivity contribution in [2.24, 2.45) is 0 Å². The van der Waals surface area contributed by atoms with Crippen LogP contribution in [0.25, 0.3) is 10.2 Å². The zero-order valence-corrected chi connectivity index (χ0v) is 19.2. The van der Waals surface area contributed by atoms with Gasteiger partial charge in [-0.3, -0.25) is 29.1 Å². The van der Waals surface area contributed by atoms with Crippen LogP contribution in [0.2, 0.25) is 0 Å². The zero-order chi connectivity index (χ0) is 23.7. The first kappa shape index (κ1) is 22.6. The van der Waals surface area contributed by atoms with Crippen LogP contribution in [0.5, 0.6) is 0 Å². The third-order valence-corrected chi connectivity index (χ3v) is 7.00. The van der Waals surface area contributed by atoms with Crippen LogP contribution >= 0.6 is 11.3 Å². The van der Waals surface area contributed by atoms with Crippen molar-refractivity contribution in [3.63, 3.8) is 0 Å². The number of amides is 3. The van der Waals surface area contributed by atoms with Gasteiger partial charge in [0.25, 0.3) is 5.91 Å². The van der Waals surface area contributed by atoms with Gasteiger partial charge in [-0.05, 0) is 36.4 Å². The molecule has 0 saturated carbocycles. The fourth-order valence-electron chi connectivity index (χ4n) is 4.15. The number of ether oxygens (including phenoxy) is 1. The van der Waals surface area contributed by atoms with E-state index >= 15 is 0 Å². The first-order chi connectivity index (χ1) is 16.5. The molecule has 0 atom stereocenters. The van der Waals surface area contributed by atoms with E-state index in [0.29, 0.717) is 52.9 Å². The van der Waals surface area contributed by atoms with Crippen molar-refractivity contribution < 1.29 is 23.5 Å². The van der Waals surface area contributed by atoms with E-state index in [9.17, 15) is 18.8 Å². The number of hydrogen-bond donors (Lipinski definition) is 0. The van der Waals surface area contributed by atoms with Crippen molar-refractivity contribution >= 4 is 50.1 Å². The number of benzene rings is 2. The molecule has 10 heteroatoms. The Labute approximate surface area is 199 Å². The summed E-state index contributed by atoms with van der Waals surface area (Å²) in [4.78, 5) is 47.6. The Hall–Kier alpha value is -3.21. The SMILES string of the molecule is O=C(c1cccc(N2C(=O)CCC2=O)c1)N(CCN1CCOCC1)c1nc2ccc(F)cc2s1. The second kappa shape index (κ2) is 9.57. The second-order valence-corrected chi connectivity index (χ2v) is 9.20. The fourth-order valence-corrected chi connectivity index (χ4v) is 5.17. The number of imide groups is 1. The lowest BCUT2D eigenvalue weighted by atomic mass is 10.1. The molecule has 2 aromatic carbocycles. The topological polar surface area (TPSA) is 83.1 Å². The van der Waals surface area contributed by atoms with E-state index in [0.717, 1.165) is 18.0 Å². The molecule has 176 valence electrons. The average Bonchev–Trinajstić information content (AvgIpc) is 3.41. The number of nitrogens with zero attached hydrogens (tertiary/aromatic N) is 4. The molecule has 3 aromatic rings. The largest absolute Gasteiger partial charge is 0.379 e. The molecule has 8 nitrogen and oxygen atoms in total. The predicted molar refractivity (Wildman–Crippen MR) is 127 cm³/mol. The number of halogens is 1. The first-order valence-electron chi connectivity index (χ1n) is 11.1. The summed E-state index contributed by atoms with van der Waals surface area (Å²) in [6.07, 6.45) is 0.343. The lowest BCUT2D eigenvalue weighted by Crippen LogP contribution is -2.43. The number of carbonyl (C=O) groups is 3. The van der Waals surface area contributed by atoms with Gasteiger partial charge >= 0.3 is 0 Å². The molecular formula is C24H23FN4O4S. The number of fused-ring (bicyclic) bond motifs is 1. The molecule has 0 bridgehead atoms. The highest BCUT2D eigenvalue weighted by Crippen LogP contribution is 2.31. The van der Waals surface area contributed by atoms with Gasteiger partial charge in [0.2, 0.25) is 11.8 Å². The highest BCUT2D eigenvalue weighted by molar-refractivity contribution is 7.22. The van der Waals surface area contributed by atoms with E-state index in [1.165, 1.54) is 23.5 Å². The van der Waals surface area contributed by atoms with Crippen LogP contribution in [0.1, 0.15) is 23.2 Å². The van der Waals surface area contributed by atoms with Crippen LogP contribution in [0, 0.1) is 5.82 Å². The Morgan fingerprint density at radius 1 is 1.09 bits per heavy atom. The van der Waals surface area contributed by atoms with Crippen LogP contribution in [0.15, 0.2) is 42.5 Å². The van der Waals surface area contributed by atoms with Gasteiger partial charge in [-0.15, -0.1) is 0 Å². The van der Waals surface area contributed by atoms with Gasteiger partial charge in [0, 0.05) is 44.6 Å². The monoisotopic (exact) mass is 482 g/mol. The lowest BCUT2D eigenvalue weighted by Gasteiger charge is -2.29. The Balaban J connectivity index is 1.46. The van der Waals surface area contributed by atoms with Crippen LogP contribution in [0.4, 0.5) is 15.2 Å². The minimum absolute atomic E-state index is 0.172. The Bertz CT molecular complexity index is 1240. The maximum Gasteiger partial charge on any atom is 0.260 e. The number of hydrogen-bond acceptors (Lipinski definition) is 7. The van der Waals surface area contributed by atoms with Crippen LogP contribution in [-0.4, -0.2) is 67.0 Å². The molecule has 0 radical (unpaired) electrons. The third-order valence-electron chi connectivity index (χ3n) is 5.96. The summed E-state index contributed by atoms with van der Waals surface area (Å²) in [7, 11) is 0. The van der Waals surface area contributed by atoms with Gasteiger partial charge < -0.3 is 4.74 Å². The molecule has 3 amide bonds. The van der Waals surface area contributed by atoms with Crippen LogP contribution in [0.3, 0.4) is 0 Å². The van der Waals surface area contributed by atoms with Gasteiger partial charge in [0.05, 0.1) is 29.1 Å². The highest BCUT2D eigenvalue weighted by Gasteiger charge is 2.31. The molecule has 0 spiro atoms. The quantitative estimate of drug-likeness (QED) is 0.503. The predicted octanol–water partition coefficient (Wildman–Crippen LogP) is 3.07. The smallest absolute Gasteiger partial charge is 0.260 e. The minimum Gasteiger partial charge on any atom is -0.379 e. The highest BCUT2D eigenvalue weighted by atomic mass is 32.1. The van der Waals surface area contributed by atoms with E-state index in [2.05, 4.69) is 9.88 Å². The van der Waals surface area contributed by atoms with Gasteiger partial charge in [0.1, 0.15) is 5.82 Å². The minimum atomic E-state index is -0.360. The van der Waals surface area contributed by atoms with Crippen molar-refractivity contribution in [2.45, 2.75) is 12.8 Å². The molecule has 5 rings (SSSR count). The van der Waals surface area contributed by atoms with Crippen LogP contribution in [-0.2, 0) is 14.3 Å². The summed E-state index contributed by atoms with van der Waals surface area (Å²) < 4.78 is 19.8. The van der Waals surface area contributed by atoms with Gasteiger partial charge in [-0.1, -0.05) is 17.4 Å². The molecule has 2 aliphatic heterocycles. The molecule has 0 aliphatic carbocycles. The molecule has 2 fully saturated rings. The van der Waals surface area contributed by atoms with E-state index in [4.69, 9.17) is 4.74 Å². The van der Waals surface area contributed by atoms with E-state index in [1.54, 1.807) is 35.2 Å². The molecule has 1 aromatic heterocycles. The standard InChI is InChI=1S/C24H23FN4O4S/c25-17-4-5-19-20(15-17)34-24(26-19)28(9-8-27-10-12-33-13-11-27)23(32)16-2-1-3-18(14-16)29-21(30)6-7-22(29)31/h1-5,14-15H,6-13H2. The molecule has 2 saturated heterocycles. The van der Waals surface area contributed by atoms with Crippen molar-refractivity contribution in [1.29, 1.82) is 0 Å². The zero-order valence-electron chi connectivity index (χ0n) is 18.4. The summed E-state index contributed by atoms with van der Waals surface area (Å²) in [5, 5.41) is 0.470. The Kier molecular flexibility index (Phi) is 6.36. The number of anilines is 2. The van der Waals surface area contributed by atoms with Crippen molar-refractivity contribution in [1.82, 2.24) is 9.88 Å². The Morgan fingerprint density at radius 2 is 1.85 bits per heavy atom. The normalized spacial score (nSPS) is 17.0. The van der Waals surface area contributed by atoms with E-state index in [1.807, 2.05) is 0 Å². The summed E-state index contributed by atoms with van der Waals surface area (Å²) >= 11 is 1.25. The Morgan fingerprint density at radius 3 is 2.62 bits per heavy atom. The van der Waals surface area contributed by atoms with Gasteiger partial charge in [0.15, 0.2) is 5.13 Å². The van der Waals surface area contributed by atoms with Crippen molar-refractivity contribution in [3.05, 3.63) is 53.8 Å². The van der Waals surface area contributed by atoms with Crippen molar-refractivity contribution in [2.75, 3.05) is 49.2 Å². The number of carbonyl (C=O) groups excluding carboxylic acids is 3. The van der Waals surface area contributed by atoms with E-state index in [-0.39, 0.29) is 36.4 Å². The first-order valence-corrected chi connectivity index (χ1v) is 12.0. The maximum absolute atomic E-state index is 13.7. The fraction of sp³-hybridized carbons (Fsp3) is 0.333. The number of aromatic nitrogens is 1. The summed E-state index contributed by atoms with van der Waals surface area (Å²) in [5.41, 5.74) is 1.35. The molecule has 0 unspecified atom stereocenters. The lowest BCUT2D eigenvalue weighted by molar-refractivity contribution is -0.121. The second-order valence-electron chi connectivity index (χ2n) is 8.19. The summed E-state index contributed by atoms with van der Waals surface area (Å²) in [5.74, 6) is -1.20. The average molecular weight is 483 g/mol. The van der Waals surface area contributed by atoms with Crippen LogP contribution < -0.4 is 9.80 Å². The third kappa shape index (κ3) is 4.56. The molecule has 34 heavy (non-hydrogen) atoms. The summed E-state index contributed by atoms with van der Waals surface area (Å²) in [6.45, 7) is 3.86. The number of morpholine rings is 1. The number of rotatable bonds is 6. The van der Waals surface area contributed by atoms with Gasteiger partial charge in [-0.2, -0.15) is 0 Å².